The first kappa shape index (κ1) is 16.9. The topological polar surface area (TPSA) is 15.3 Å². The van der Waals surface area contributed by atoms with Crippen LogP contribution in [-0.4, -0.2) is 12.6 Å². The zero-order valence-corrected chi connectivity index (χ0v) is 15.9. The lowest BCUT2D eigenvalue weighted by molar-refractivity contribution is 0.442. The van der Waals surface area contributed by atoms with Gasteiger partial charge < -0.3 is 10.2 Å². The highest BCUT2D eigenvalue weighted by atomic mass is 15.2. The van der Waals surface area contributed by atoms with Crippen molar-refractivity contribution in [2.75, 3.05) is 16.8 Å². The van der Waals surface area contributed by atoms with Gasteiger partial charge in [0.2, 0.25) is 0 Å². The van der Waals surface area contributed by atoms with Gasteiger partial charge in [-0.15, -0.1) is 0 Å². The highest BCUT2D eigenvalue weighted by Gasteiger charge is 2.32. The van der Waals surface area contributed by atoms with Gasteiger partial charge in [-0.2, -0.15) is 0 Å². The van der Waals surface area contributed by atoms with Crippen molar-refractivity contribution in [3.05, 3.63) is 53.1 Å². The highest BCUT2D eigenvalue weighted by Crippen LogP contribution is 2.43. The van der Waals surface area contributed by atoms with E-state index in [1.807, 2.05) is 0 Å². The number of benzene rings is 2. The number of rotatable bonds is 3. The van der Waals surface area contributed by atoms with Gasteiger partial charge in [-0.25, -0.2) is 0 Å². The second-order valence-electron chi connectivity index (χ2n) is 8.10. The number of fused-ring (bicyclic) bond motifs is 1. The van der Waals surface area contributed by atoms with E-state index in [1.54, 1.807) is 0 Å². The maximum Gasteiger partial charge on any atom is 0.0434 e. The third-order valence-corrected chi connectivity index (χ3v) is 5.31. The Balaban J connectivity index is 2.03. The van der Waals surface area contributed by atoms with Crippen molar-refractivity contribution in [3.8, 4) is 0 Å². The van der Waals surface area contributed by atoms with E-state index in [2.05, 4.69) is 88.2 Å². The predicted molar refractivity (Wildman–Crippen MR) is 106 cm³/mol. The number of anilines is 3. The first-order chi connectivity index (χ1) is 11.3. The Morgan fingerprint density at radius 2 is 1.71 bits per heavy atom. The van der Waals surface area contributed by atoms with Gasteiger partial charge in [-0.05, 0) is 68.9 Å². The van der Waals surface area contributed by atoms with Crippen LogP contribution in [0.2, 0.25) is 0 Å². The van der Waals surface area contributed by atoms with Crippen LogP contribution in [0.25, 0.3) is 0 Å². The molecule has 24 heavy (non-hydrogen) atoms. The van der Waals surface area contributed by atoms with Crippen LogP contribution in [0.5, 0.6) is 0 Å². The molecule has 128 valence electrons. The average Bonchev–Trinajstić information content (AvgIpc) is 2.51. The molecule has 3 rings (SSSR count). The fourth-order valence-corrected chi connectivity index (χ4v) is 3.59. The Labute approximate surface area is 146 Å². The van der Waals surface area contributed by atoms with Crippen LogP contribution >= 0.6 is 0 Å². The van der Waals surface area contributed by atoms with Crippen molar-refractivity contribution in [1.82, 2.24) is 0 Å². The largest absolute Gasteiger partial charge is 0.369 e. The molecule has 1 heterocycles. The average molecular weight is 322 g/mol. The molecule has 0 aliphatic carbocycles. The molecule has 0 radical (unpaired) electrons. The lowest BCUT2D eigenvalue weighted by Gasteiger charge is -2.43. The summed E-state index contributed by atoms with van der Waals surface area (Å²) in [6.07, 6.45) is 1.21. The van der Waals surface area contributed by atoms with Gasteiger partial charge >= 0.3 is 0 Å². The Bertz CT molecular complexity index is 726. The van der Waals surface area contributed by atoms with Crippen LogP contribution in [0.15, 0.2) is 36.4 Å². The second-order valence-corrected chi connectivity index (χ2v) is 8.10. The quantitative estimate of drug-likeness (QED) is 0.752. The fourth-order valence-electron chi connectivity index (χ4n) is 3.59. The van der Waals surface area contributed by atoms with Crippen molar-refractivity contribution >= 4 is 17.1 Å². The first-order valence-electron chi connectivity index (χ1n) is 9.03. The molecule has 0 saturated carbocycles. The van der Waals surface area contributed by atoms with Crippen LogP contribution in [0, 0.1) is 13.8 Å². The molecule has 2 aromatic rings. The summed E-state index contributed by atoms with van der Waals surface area (Å²) in [5, 5.41) is 3.61. The Hall–Kier alpha value is -1.96. The summed E-state index contributed by atoms with van der Waals surface area (Å²) < 4.78 is 0. The minimum atomic E-state index is 0.244. The third-order valence-electron chi connectivity index (χ3n) is 5.31. The molecule has 1 aliphatic rings. The van der Waals surface area contributed by atoms with Crippen LogP contribution < -0.4 is 10.2 Å². The van der Waals surface area contributed by atoms with Crippen LogP contribution in [0.4, 0.5) is 17.1 Å². The van der Waals surface area contributed by atoms with E-state index in [0.717, 1.165) is 12.2 Å². The Kier molecular flexibility index (Phi) is 4.33. The zero-order chi connectivity index (χ0) is 17.5. The zero-order valence-electron chi connectivity index (χ0n) is 15.9. The van der Waals surface area contributed by atoms with E-state index in [0.29, 0.717) is 6.04 Å². The molecule has 0 spiro atoms. The fraction of sp³-hybridized carbons (Fsp3) is 0.455. The van der Waals surface area contributed by atoms with Gasteiger partial charge in [0, 0.05) is 29.6 Å². The maximum absolute atomic E-state index is 3.61. The minimum absolute atomic E-state index is 0.244. The highest BCUT2D eigenvalue weighted by molar-refractivity contribution is 5.73. The van der Waals surface area contributed by atoms with Gasteiger partial charge in [-0.3, -0.25) is 0 Å². The van der Waals surface area contributed by atoms with Gasteiger partial charge in [-0.1, -0.05) is 37.6 Å². The number of hydrogen-bond donors (Lipinski definition) is 1. The number of nitrogens with one attached hydrogen (secondary N) is 1. The second kappa shape index (κ2) is 6.16. The normalized spacial score (nSPS) is 16.2. The van der Waals surface area contributed by atoms with Crippen molar-refractivity contribution in [2.45, 2.75) is 59.4 Å². The number of aryl methyl sites for hydroxylation is 2. The molecule has 0 saturated heterocycles. The summed E-state index contributed by atoms with van der Waals surface area (Å²) in [7, 11) is 0. The molecule has 2 aromatic carbocycles. The molecular formula is C22H30N2. The Morgan fingerprint density at radius 3 is 2.33 bits per heavy atom. The van der Waals surface area contributed by atoms with E-state index < -0.39 is 0 Å². The monoisotopic (exact) mass is 322 g/mol. The van der Waals surface area contributed by atoms with Crippen molar-refractivity contribution in [3.63, 3.8) is 0 Å². The van der Waals surface area contributed by atoms with Crippen LogP contribution in [0.3, 0.4) is 0 Å². The first-order valence-corrected chi connectivity index (χ1v) is 9.03. The standard InChI is InChI=1S/C22H30N2/c1-15(2)24-12-11-22(5,6)19-13-17(4)20(14-21(19)24)23-18-9-7-16(3)8-10-18/h7-10,13-15,23H,11-12H2,1-6H3. The van der Waals surface area contributed by atoms with Crippen LogP contribution in [0.1, 0.15) is 50.8 Å². The smallest absolute Gasteiger partial charge is 0.0434 e. The molecule has 0 aromatic heterocycles. The molecular weight excluding hydrogens is 292 g/mol. The van der Waals surface area contributed by atoms with E-state index in [-0.39, 0.29) is 5.41 Å². The lowest BCUT2D eigenvalue weighted by atomic mass is 9.76. The number of hydrogen-bond acceptors (Lipinski definition) is 2. The van der Waals surface area contributed by atoms with Crippen molar-refractivity contribution < 1.29 is 0 Å². The summed E-state index contributed by atoms with van der Waals surface area (Å²) in [6, 6.07) is 13.9. The molecule has 1 N–H and O–H groups in total. The molecule has 0 fully saturated rings. The number of nitrogens with zero attached hydrogens (tertiary/aromatic N) is 1. The van der Waals surface area contributed by atoms with Gasteiger partial charge in [0.15, 0.2) is 0 Å². The molecule has 2 heteroatoms. The lowest BCUT2D eigenvalue weighted by Crippen LogP contribution is -2.41. The molecule has 1 aliphatic heterocycles. The van der Waals surface area contributed by atoms with Crippen molar-refractivity contribution in [2.24, 2.45) is 0 Å². The predicted octanol–water partition coefficient (Wildman–Crippen LogP) is 5.94. The van der Waals surface area contributed by atoms with E-state index in [4.69, 9.17) is 0 Å². The summed E-state index contributed by atoms with van der Waals surface area (Å²) in [6.45, 7) is 14.8. The SMILES string of the molecule is Cc1ccc(Nc2cc3c(cc2C)C(C)(C)CCN3C(C)C)cc1. The van der Waals surface area contributed by atoms with Crippen molar-refractivity contribution in [1.29, 1.82) is 0 Å². The Morgan fingerprint density at radius 1 is 1.04 bits per heavy atom. The van der Waals surface area contributed by atoms with Crippen LogP contribution in [-0.2, 0) is 5.41 Å². The minimum Gasteiger partial charge on any atom is -0.369 e. The third kappa shape index (κ3) is 3.15. The molecule has 0 unspecified atom stereocenters. The summed E-state index contributed by atoms with van der Waals surface area (Å²) in [5.74, 6) is 0. The molecule has 0 atom stereocenters. The van der Waals surface area contributed by atoms with E-state index in [1.165, 1.54) is 34.5 Å². The molecule has 2 nitrogen and oxygen atoms in total. The van der Waals surface area contributed by atoms with Gasteiger partial charge in [0.05, 0.1) is 0 Å². The maximum atomic E-state index is 3.61. The van der Waals surface area contributed by atoms with Gasteiger partial charge in [0.1, 0.15) is 0 Å². The molecule has 0 amide bonds. The van der Waals surface area contributed by atoms with Gasteiger partial charge in [0.25, 0.3) is 0 Å². The summed E-state index contributed by atoms with van der Waals surface area (Å²) >= 11 is 0. The van der Waals surface area contributed by atoms with E-state index in [9.17, 15) is 0 Å². The summed E-state index contributed by atoms with van der Waals surface area (Å²) in [5.41, 5.74) is 8.07. The van der Waals surface area contributed by atoms with E-state index >= 15 is 0 Å². The molecule has 0 bridgehead atoms. The summed E-state index contributed by atoms with van der Waals surface area (Å²) in [4.78, 5) is 2.54.